The third-order valence-electron chi connectivity index (χ3n) is 6.20. The fourth-order valence-corrected chi connectivity index (χ4v) is 4.29. The van der Waals surface area contributed by atoms with Crippen molar-refractivity contribution in [1.82, 2.24) is 0 Å². The van der Waals surface area contributed by atoms with E-state index in [2.05, 4.69) is 4.99 Å². The van der Waals surface area contributed by atoms with Crippen molar-refractivity contribution in [2.45, 2.75) is 13.0 Å². The van der Waals surface area contributed by atoms with Gasteiger partial charge in [0.25, 0.3) is 0 Å². The van der Waals surface area contributed by atoms with Gasteiger partial charge in [-0.25, -0.2) is 9.59 Å². The number of carbonyl (C=O) groups excluding carboxylic acids is 1. The quantitative estimate of drug-likeness (QED) is 0.162. The van der Waals surface area contributed by atoms with Crippen molar-refractivity contribution in [3.8, 4) is 22.6 Å². The topological polar surface area (TPSA) is 96.2 Å². The van der Waals surface area contributed by atoms with Gasteiger partial charge in [-0.2, -0.15) is 0 Å². The predicted molar refractivity (Wildman–Crippen MR) is 145 cm³/mol. The van der Waals surface area contributed by atoms with Crippen molar-refractivity contribution in [2.75, 3.05) is 0 Å². The largest absolute Gasteiger partial charge is 0.507 e. The van der Waals surface area contributed by atoms with Crippen molar-refractivity contribution < 1.29 is 24.5 Å². The molecule has 0 aromatic heterocycles. The van der Waals surface area contributed by atoms with E-state index in [-0.39, 0.29) is 5.75 Å². The monoisotopic (exact) mass is 489 g/mol. The zero-order valence-corrected chi connectivity index (χ0v) is 20.0. The Kier molecular flexibility index (Phi) is 6.39. The summed E-state index contributed by atoms with van der Waals surface area (Å²) in [5.74, 6) is -1.38. The average molecular weight is 490 g/mol. The number of hydrogen-bond acceptors (Lipinski definition) is 5. The van der Waals surface area contributed by atoms with Gasteiger partial charge in [0.1, 0.15) is 17.5 Å². The van der Waals surface area contributed by atoms with Crippen LogP contribution in [0.2, 0.25) is 0 Å². The molecule has 0 aliphatic carbocycles. The molecule has 5 rings (SSSR count). The Morgan fingerprint density at radius 2 is 1.43 bits per heavy atom. The Balaban J connectivity index is 1.78. The fourth-order valence-electron chi connectivity index (χ4n) is 4.29. The summed E-state index contributed by atoms with van der Waals surface area (Å²) in [7, 11) is 0. The Morgan fingerprint density at radius 1 is 0.811 bits per heavy atom. The number of nitrogens with zero attached hydrogens (tertiary/aromatic N) is 1. The summed E-state index contributed by atoms with van der Waals surface area (Å²) >= 11 is 0. The van der Waals surface area contributed by atoms with Crippen molar-refractivity contribution in [1.29, 1.82) is 0 Å². The number of rotatable bonds is 6. The Hall–Kier alpha value is -4.97. The highest BCUT2D eigenvalue weighted by Crippen LogP contribution is 2.46. The Bertz CT molecular complexity index is 1670. The van der Waals surface area contributed by atoms with Gasteiger partial charge in [0.2, 0.25) is 0 Å². The van der Waals surface area contributed by atoms with Crippen LogP contribution >= 0.6 is 0 Å². The number of aromatic hydroxyl groups is 1. The summed E-state index contributed by atoms with van der Waals surface area (Å²) in [6.45, 7) is 1.46. The van der Waals surface area contributed by atoms with Gasteiger partial charge in [-0.05, 0) is 52.7 Å². The number of aliphatic carboxylic acids is 1. The number of phenols is 1. The fraction of sp³-hybridized carbons (Fsp3) is 0.0645. The number of fused-ring (bicyclic) bond motifs is 2. The van der Waals surface area contributed by atoms with Crippen LogP contribution in [-0.4, -0.2) is 34.4 Å². The predicted octanol–water partition coefficient (Wildman–Crippen LogP) is 6.48. The molecule has 182 valence electrons. The summed E-state index contributed by atoms with van der Waals surface area (Å²) < 4.78 is 5.91. The highest BCUT2D eigenvalue weighted by Gasteiger charge is 2.22. The second-order valence-electron chi connectivity index (χ2n) is 8.62. The number of carbonyl (C=O) groups is 2. The van der Waals surface area contributed by atoms with Gasteiger partial charge in [-0.1, -0.05) is 72.8 Å². The molecule has 0 heterocycles. The highest BCUT2D eigenvalue weighted by molar-refractivity contribution is 6.12. The van der Waals surface area contributed by atoms with Gasteiger partial charge < -0.3 is 14.9 Å². The van der Waals surface area contributed by atoms with Crippen LogP contribution in [0.5, 0.6) is 11.5 Å². The van der Waals surface area contributed by atoms with Crippen molar-refractivity contribution in [3.05, 3.63) is 108 Å². The molecule has 0 aliphatic rings. The van der Waals surface area contributed by atoms with Crippen LogP contribution in [0.15, 0.2) is 102 Å². The summed E-state index contributed by atoms with van der Waals surface area (Å²) in [5.41, 5.74) is 1.78. The smallest absolute Gasteiger partial charge is 0.343 e. The van der Waals surface area contributed by atoms with E-state index in [1.165, 1.54) is 13.1 Å². The molecule has 6 nitrogen and oxygen atoms in total. The lowest BCUT2D eigenvalue weighted by Crippen LogP contribution is -2.13. The first-order chi connectivity index (χ1) is 17.9. The molecule has 0 radical (unpaired) electrons. The zero-order chi connectivity index (χ0) is 25.9. The van der Waals surface area contributed by atoms with Crippen LogP contribution in [0.1, 0.15) is 22.8 Å². The normalized spacial score (nSPS) is 12.1. The molecule has 5 aromatic carbocycles. The van der Waals surface area contributed by atoms with Gasteiger partial charge in [0.05, 0.1) is 5.56 Å². The van der Waals surface area contributed by atoms with E-state index >= 15 is 0 Å². The molecule has 0 aliphatic heterocycles. The molecular formula is C31H23NO5. The van der Waals surface area contributed by atoms with Gasteiger partial charge in [0.15, 0.2) is 0 Å². The van der Waals surface area contributed by atoms with Crippen molar-refractivity contribution in [3.63, 3.8) is 0 Å². The van der Waals surface area contributed by atoms with E-state index in [0.717, 1.165) is 21.5 Å². The molecule has 5 aromatic rings. The third kappa shape index (κ3) is 4.65. The van der Waals surface area contributed by atoms with Crippen LogP contribution in [0, 0.1) is 0 Å². The maximum absolute atomic E-state index is 13.0. The Morgan fingerprint density at radius 3 is 2.14 bits per heavy atom. The molecule has 0 spiro atoms. The molecule has 0 saturated heterocycles. The van der Waals surface area contributed by atoms with E-state index in [4.69, 9.17) is 4.74 Å². The molecule has 0 bridgehead atoms. The first-order valence-electron chi connectivity index (χ1n) is 11.7. The van der Waals surface area contributed by atoms with E-state index in [9.17, 15) is 19.8 Å². The summed E-state index contributed by atoms with van der Waals surface area (Å²) in [6.07, 6.45) is 1.37. The molecule has 6 heteroatoms. The number of aliphatic imine (C=N–C) groups is 1. The average Bonchev–Trinajstić information content (AvgIpc) is 2.92. The minimum Gasteiger partial charge on any atom is -0.507 e. The SMILES string of the molecule is C[C@@H](N=Cc1cc2ccccc2c(-c2c(OC(=O)c3ccccc3)ccc3ccccc23)c1O)C(=O)O. The molecular weight excluding hydrogens is 466 g/mol. The molecule has 1 atom stereocenters. The molecule has 0 amide bonds. The van der Waals surface area contributed by atoms with Gasteiger partial charge >= 0.3 is 11.9 Å². The van der Waals surface area contributed by atoms with Gasteiger partial charge in [0, 0.05) is 22.9 Å². The third-order valence-corrected chi connectivity index (χ3v) is 6.20. The molecule has 0 unspecified atom stereocenters. The zero-order valence-electron chi connectivity index (χ0n) is 20.0. The van der Waals surface area contributed by atoms with Crippen LogP contribution in [-0.2, 0) is 4.79 Å². The maximum atomic E-state index is 13.0. The second kappa shape index (κ2) is 9.95. The maximum Gasteiger partial charge on any atom is 0.343 e. The molecule has 2 N–H and O–H groups in total. The van der Waals surface area contributed by atoms with Crippen molar-refractivity contribution in [2.24, 2.45) is 4.99 Å². The van der Waals surface area contributed by atoms with Gasteiger partial charge in [-0.3, -0.25) is 4.99 Å². The molecule has 0 saturated carbocycles. The van der Waals surface area contributed by atoms with Crippen molar-refractivity contribution >= 4 is 39.7 Å². The Labute approximate surface area is 213 Å². The van der Waals surface area contributed by atoms with Gasteiger partial charge in [-0.15, -0.1) is 0 Å². The minimum absolute atomic E-state index is 0.0894. The lowest BCUT2D eigenvalue weighted by molar-refractivity contribution is -0.137. The minimum atomic E-state index is -1.07. The number of benzene rings is 5. The standard InChI is InChI=1S/C31H23NO5/c1-19(30(34)35)32-18-23-17-22-12-6-8-14-25(22)28(29(23)33)27-24-13-7-5-9-20(24)15-16-26(27)37-31(36)21-10-3-2-4-11-21/h2-19,33H,1H3,(H,34,35)/t19-/m1/s1. The first-order valence-corrected chi connectivity index (χ1v) is 11.7. The molecule has 0 fully saturated rings. The summed E-state index contributed by atoms with van der Waals surface area (Å²) in [5, 5.41) is 24.0. The van der Waals surface area contributed by atoms with E-state index < -0.39 is 18.0 Å². The second-order valence-corrected chi connectivity index (χ2v) is 8.62. The number of ether oxygens (including phenoxy) is 1. The summed E-state index contributed by atoms with van der Waals surface area (Å²) in [4.78, 5) is 28.4. The summed E-state index contributed by atoms with van der Waals surface area (Å²) in [6, 6.07) is 28.2. The number of esters is 1. The van der Waals surface area contributed by atoms with Crippen LogP contribution in [0.4, 0.5) is 0 Å². The van der Waals surface area contributed by atoms with E-state index in [1.54, 1.807) is 36.4 Å². The molecule has 37 heavy (non-hydrogen) atoms. The number of hydrogen-bond donors (Lipinski definition) is 2. The lowest BCUT2D eigenvalue weighted by Gasteiger charge is -2.18. The number of carboxylic acids is 1. The number of phenolic OH excluding ortho intramolecular Hbond substituents is 1. The highest BCUT2D eigenvalue weighted by atomic mass is 16.5. The lowest BCUT2D eigenvalue weighted by atomic mass is 9.90. The van der Waals surface area contributed by atoms with Crippen LogP contribution in [0.3, 0.4) is 0 Å². The number of carboxylic acid groups (broad SMARTS) is 1. The van der Waals surface area contributed by atoms with E-state index in [1.807, 2.05) is 60.7 Å². The van der Waals surface area contributed by atoms with E-state index in [0.29, 0.717) is 28.0 Å². The van der Waals surface area contributed by atoms with Crippen LogP contribution < -0.4 is 4.74 Å². The first kappa shape index (κ1) is 23.8. The van der Waals surface area contributed by atoms with Crippen LogP contribution in [0.25, 0.3) is 32.7 Å².